The Labute approximate surface area is 129 Å². The van der Waals surface area contributed by atoms with E-state index in [1.165, 1.54) is 24.8 Å². The molecule has 2 rings (SSSR count). The summed E-state index contributed by atoms with van der Waals surface area (Å²) in [4.78, 5) is 2.69. The number of nitrogens with zero attached hydrogens (tertiary/aromatic N) is 1. The van der Waals surface area contributed by atoms with E-state index >= 15 is 0 Å². The van der Waals surface area contributed by atoms with Gasteiger partial charge >= 0.3 is 0 Å². The van der Waals surface area contributed by atoms with Crippen LogP contribution in [0.3, 0.4) is 0 Å². The summed E-state index contributed by atoms with van der Waals surface area (Å²) in [5.41, 5.74) is 1.35. The van der Waals surface area contributed by atoms with Gasteiger partial charge in [-0.05, 0) is 50.4 Å². The van der Waals surface area contributed by atoms with Gasteiger partial charge in [-0.1, -0.05) is 26.0 Å². The van der Waals surface area contributed by atoms with E-state index < -0.39 is 0 Å². The molecule has 0 aliphatic carbocycles. The molecule has 0 radical (unpaired) electrons. The Kier molecular flexibility index (Phi) is 6.07. The summed E-state index contributed by atoms with van der Waals surface area (Å²) in [6.45, 7) is 8.95. The Morgan fingerprint density at radius 1 is 1.24 bits per heavy atom. The molecule has 1 aromatic rings. The molecule has 0 spiro atoms. The van der Waals surface area contributed by atoms with Gasteiger partial charge in [0.25, 0.3) is 0 Å². The third kappa shape index (κ3) is 3.98. The molecule has 118 valence electrons. The van der Waals surface area contributed by atoms with Crippen molar-refractivity contribution in [3.63, 3.8) is 0 Å². The fraction of sp³-hybridized carbons (Fsp3) is 0.667. The van der Waals surface area contributed by atoms with E-state index in [1.54, 1.807) is 7.11 Å². The molecule has 1 N–H and O–H groups in total. The molecular formula is C18H30N2O. The summed E-state index contributed by atoms with van der Waals surface area (Å²) >= 11 is 0. The standard InChI is InChI=1S/C18H30N2O/c1-5-16-10-7-14(3)20(16)13-18(19-6-2)15-8-11-17(21-4)12-9-15/h8-9,11-12,14,16,18-19H,5-7,10,13H2,1-4H3. The molecule has 1 fully saturated rings. The molecule has 0 bridgehead atoms. The largest absolute Gasteiger partial charge is 0.497 e. The molecule has 3 unspecified atom stereocenters. The highest BCUT2D eigenvalue weighted by Crippen LogP contribution is 2.29. The topological polar surface area (TPSA) is 24.5 Å². The van der Waals surface area contributed by atoms with Crippen molar-refractivity contribution in [3.8, 4) is 5.75 Å². The predicted molar refractivity (Wildman–Crippen MR) is 88.9 cm³/mol. The number of ether oxygens (including phenoxy) is 1. The quantitative estimate of drug-likeness (QED) is 0.830. The number of benzene rings is 1. The maximum atomic E-state index is 5.26. The molecule has 0 saturated carbocycles. The lowest BCUT2D eigenvalue weighted by Gasteiger charge is -2.32. The Morgan fingerprint density at radius 2 is 1.95 bits per heavy atom. The molecule has 1 aromatic carbocycles. The summed E-state index contributed by atoms with van der Waals surface area (Å²) in [5.74, 6) is 0.926. The number of rotatable bonds is 7. The number of hydrogen-bond donors (Lipinski definition) is 1. The van der Waals surface area contributed by atoms with Gasteiger partial charge < -0.3 is 10.1 Å². The van der Waals surface area contributed by atoms with Gasteiger partial charge in [0.2, 0.25) is 0 Å². The molecule has 0 amide bonds. The van der Waals surface area contributed by atoms with E-state index in [1.807, 2.05) is 0 Å². The average molecular weight is 290 g/mol. The highest BCUT2D eigenvalue weighted by molar-refractivity contribution is 5.29. The van der Waals surface area contributed by atoms with Crippen LogP contribution in [0.25, 0.3) is 0 Å². The van der Waals surface area contributed by atoms with E-state index in [0.29, 0.717) is 12.1 Å². The second-order valence-electron chi connectivity index (χ2n) is 6.07. The number of likely N-dealkylation sites (N-methyl/N-ethyl adjacent to an activating group) is 1. The van der Waals surface area contributed by atoms with Gasteiger partial charge in [-0.15, -0.1) is 0 Å². The smallest absolute Gasteiger partial charge is 0.118 e. The van der Waals surface area contributed by atoms with Crippen molar-refractivity contribution in [1.82, 2.24) is 10.2 Å². The van der Waals surface area contributed by atoms with Crippen molar-refractivity contribution in [2.45, 2.75) is 58.2 Å². The van der Waals surface area contributed by atoms with Crippen LogP contribution in [-0.2, 0) is 0 Å². The molecule has 3 heteroatoms. The summed E-state index contributed by atoms with van der Waals surface area (Å²) in [7, 11) is 1.72. The lowest BCUT2D eigenvalue weighted by atomic mass is 10.0. The van der Waals surface area contributed by atoms with Gasteiger partial charge in [-0.2, -0.15) is 0 Å². The maximum absolute atomic E-state index is 5.26. The normalized spacial score (nSPS) is 24.2. The van der Waals surface area contributed by atoms with Crippen molar-refractivity contribution < 1.29 is 4.74 Å². The Hall–Kier alpha value is -1.06. The second kappa shape index (κ2) is 7.81. The van der Waals surface area contributed by atoms with E-state index in [0.717, 1.165) is 24.9 Å². The first-order valence-corrected chi connectivity index (χ1v) is 8.32. The third-order valence-electron chi connectivity index (χ3n) is 4.79. The summed E-state index contributed by atoms with van der Waals surface area (Å²) < 4.78 is 5.26. The first-order chi connectivity index (χ1) is 10.2. The molecule has 3 nitrogen and oxygen atoms in total. The van der Waals surface area contributed by atoms with Crippen molar-refractivity contribution >= 4 is 0 Å². The Balaban J connectivity index is 2.10. The maximum Gasteiger partial charge on any atom is 0.118 e. The third-order valence-corrected chi connectivity index (χ3v) is 4.79. The molecule has 1 aliphatic heterocycles. The number of likely N-dealkylation sites (tertiary alicyclic amines) is 1. The number of nitrogens with one attached hydrogen (secondary N) is 1. The Bertz CT molecular complexity index is 418. The van der Waals surface area contributed by atoms with Crippen LogP contribution in [0.5, 0.6) is 5.75 Å². The van der Waals surface area contributed by atoms with Crippen LogP contribution in [0.4, 0.5) is 0 Å². The summed E-state index contributed by atoms with van der Waals surface area (Å²) in [5, 5.41) is 3.65. The van der Waals surface area contributed by atoms with E-state index in [9.17, 15) is 0 Å². The van der Waals surface area contributed by atoms with Crippen LogP contribution in [0, 0.1) is 0 Å². The first-order valence-electron chi connectivity index (χ1n) is 8.32. The monoisotopic (exact) mass is 290 g/mol. The van der Waals surface area contributed by atoms with Crippen LogP contribution in [0.2, 0.25) is 0 Å². The van der Waals surface area contributed by atoms with Crippen LogP contribution in [0.1, 0.15) is 51.6 Å². The number of methoxy groups -OCH3 is 1. The van der Waals surface area contributed by atoms with Crippen molar-refractivity contribution in [2.75, 3.05) is 20.2 Å². The number of hydrogen-bond acceptors (Lipinski definition) is 3. The van der Waals surface area contributed by atoms with Crippen LogP contribution < -0.4 is 10.1 Å². The summed E-state index contributed by atoms with van der Waals surface area (Å²) in [6, 6.07) is 10.3. The highest BCUT2D eigenvalue weighted by Gasteiger charge is 2.31. The van der Waals surface area contributed by atoms with E-state index in [2.05, 4.69) is 55.3 Å². The SMILES string of the molecule is CCNC(CN1C(C)CCC1CC)c1ccc(OC)cc1. The average Bonchev–Trinajstić information content (AvgIpc) is 2.87. The zero-order chi connectivity index (χ0) is 15.2. The zero-order valence-corrected chi connectivity index (χ0v) is 13.9. The van der Waals surface area contributed by atoms with Gasteiger partial charge in [-0.3, -0.25) is 4.90 Å². The lowest BCUT2D eigenvalue weighted by molar-refractivity contribution is 0.177. The molecule has 1 saturated heterocycles. The lowest BCUT2D eigenvalue weighted by Crippen LogP contribution is -2.41. The predicted octanol–water partition coefficient (Wildman–Crippen LogP) is 3.61. The van der Waals surface area contributed by atoms with Crippen LogP contribution in [-0.4, -0.2) is 37.2 Å². The molecule has 1 aliphatic rings. The second-order valence-corrected chi connectivity index (χ2v) is 6.07. The summed E-state index contributed by atoms with van der Waals surface area (Å²) in [6.07, 6.45) is 3.94. The van der Waals surface area contributed by atoms with Gasteiger partial charge in [0.15, 0.2) is 0 Å². The minimum Gasteiger partial charge on any atom is -0.497 e. The Morgan fingerprint density at radius 3 is 2.52 bits per heavy atom. The van der Waals surface area contributed by atoms with E-state index in [4.69, 9.17) is 4.74 Å². The minimum absolute atomic E-state index is 0.399. The zero-order valence-electron chi connectivity index (χ0n) is 13.9. The molecular weight excluding hydrogens is 260 g/mol. The van der Waals surface area contributed by atoms with Crippen molar-refractivity contribution in [2.24, 2.45) is 0 Å². The molecule has 1 heterocycles. The molecule has 3 atom stereocenters. The van der Waals surface area contributed by atoms with Crippen molar-refractivity contribution in [1.29, 1.82) is 0 Å². The van der Waals surface area contributed by atoms with Crippen LogP contribution in [0.15, 0.2) is 24.3 Å². The van der Waals surface area contributed by atoms with Gasteiger partial charge in [0, 0.05) is 24.7 Å². The van der Waals surface area contributed by atoms with Crippen LogP contribution >= 0.6 is 0 Å². The van der Waals surface area contributed by atoms with Gasteiger partial charge in [-0.25, -0.2) is 0 Å². The first kappa shape index (κ1) is 16.3. The van der Waals surface area contributed by atoms with E-state index in [-0.39, 0.29) is 0 Å². The van der Waals surface area contributed by atoms with Crippen molar-refractivity contribution in [3.05, 3.63) is 29.8 Å². The minimum atomic E-state index is 0.399. The highest BCUT2D eigenvalue weighted by atomic mass is 16.5. The molecule has 21 heavy (non-hydrogen) atoms. The van der Waals surface area contributed by atoms with Gasteiger partial charge in [0.1, 0.15) is 5.75 Å². The fourth-order valence-electron chi connectivity index (χ4n) is 3.47. The fourth-order valence-corrected chi connectivity index (χ4v) is 3.47. The van der Waals surface area contributed by atoms with Gasteiger partial charge in [0.05, 0.1) is 7.11 Å². The molecule has 0 aromatic heterocycles.